The number of thiophene rings is 1. The molecule has 8 heteroatoms. The Morgan fingerprint density at radius 3 is 3.00 bits per heavy atom. The Balaban J connectivity index is 1.93. The number of imide groups is 1. The predicted octanol–water partition coefficient (Wildman–Crippen LogP) is 0.402. The van der Waals surface area contributed by atoms with E-state index in [9.17, 15) is 14.4 Å². The lowest BCUT2D eigenvalue weighted by Gasteiger charge is -2.06. The summed E-state index contributed by atoms with van der Waals surface area (Å²) in [5.74, 6) is -0.551. The van der Waals surface area contributed by atoms with Gasteiger partial charge in [0.15, 0.2) is 0 Å². The number of carbonyl (C=O) groups excluding carboxylic acids is 2. The minimum Gasteiger partial charge on any atom is -0.341 e. The Bertz CT molecular complexity index is 793. The molecule has 2 aromatic heterocycles. The van der Waals surface area contributed by atoms with Gasteiger partial charge in [-0.25, -0.2) is 9.78 Å². The average molecular weight is 306 g/mol. The Kier molecular flexibility index (Phi) is 3.46. The van der Waals surface area contributed by atoms with Crippen molar-refractivity contribution < 1.29 is 9.59 Å². The maximum atomic E-state index is 12.5. The highest BCUT2D eigenvalue weighted by atomic mass is 32.1. The van der Waals surface area contributed by atoms with Gasteiger partial charge in [-0.15, -0.1) is 11.3 Å². The standard InChI is InChI=1S/C13H14N4O3S/c1-14-13(20)16-9(18)5-17-6-15-11-10(12(17)19)7-3-2-4-8(7)21-11/h6H,2-5H2,1H3,(H2,14,16,18,20). The minimum atomic E-state index is -0.599. The molecule has 110 valence electrons. The van der Waals surface area contributed by atoms with Gasteiger partial charge in [0, 0.05) is 11.9 Å². The first kappa shape index (κ1) is 13.7. The Hall–Kier alpha value is -2.22. The van der Waals surface area contributed by atoms with Gasteiger partial charge in [-0.1, -0.05) is 0 Å². The van der Waals surface area contributed by atoms with Crippen LogP contribution in [0.25, 0.3) is 10.2 Å². The molecule has 2 heterocycles. The van der Waals surface area contributed by atoms with E-state index in [1.54, 1.807) is 11.3 Å². The molecule has 0 fully saturated rings. The molecule has 7 nitrogen and oxygen atoms in total. The molecule has 1 aliphatic rings. The molecule has 0 aliphatic heterocycles. The lowest BCUT2D eigenvalue weighted by molar-refractivity contribution is -0.120. The summed E-state index contributed by atoms with van der Waals surface area (Å²) in [7, 11) is 1.41. The Morgan fingerprint density at radius 1 is 1.43 bits per heavy atom. The number of carbonyl (C=O) groups is 2. The highest BCUT2D eigenvalue weighted by Gasteiger charge is 2.21. The van der Waals surface area contributed by atoms with Crippen LogP contribution in [-0.2, 0) is 24.2 Å². The van der Waals surface area contributed by atoms with Crippen LogP contribution in [0.5, 0.6) is 0 Å². The molecule has 3 amide bonds. The Morgan fingerprint density at radius 2 is 2.24 bits per heavy atom. The van der Waals surface area contributed by atoms with Crippen LogP contribution in [0, 0.1) is 0 Å². The van der Waals surface area contributed by atoms with Gasteiger partial charge in [-0.05, 0) is 24.8 Å². The second-order valence-corrected chi connectivity index (χ2v) is 5.93. The highest BCUT2D eigenvalue weighted by molar-refractivity contribution is 7.18. The molecule has 3 rings (SSSR count). The van der Waals surface area contributed by atoms with Gasteiger partial charge in [0.05, 0.1) is 11.7 Å². The molecule has 0 bridgehead atoms. The van der Waals surface area contributed by atoms with Crippen LogP contribution >= 0.6 is 11.3 Å². The van der Waals surface area contributed by atoms with Crippen LogP contribution in [0.4, 0.5) is 4.79 Å². The van der Waals surface area contributed by atoms with E-state index in [-0.39, 0.29) is 12.1 Å². The first-order chi connectivity index (χ1) is 10.1. The monoisotopic (exact) mass is 306 g/mol. The number of hydrogen-bond acceptors (Lipinski definition) is 5. The van der Waals surface area contributed by atoms with Crippen LogP contribution in [0.1, 0.15) is 16.9 Å². The highest BCUT2D eigenvalue weighted by Crippen LogP contribution is 2.34. The fraction of sp³-hybridized carbons (Fsp3) is 0.385. The number of nitrogens with one attached hydrogen (secondary N) is 2. The molecule has 0 atom stereocenters. The zero-order valence-electron chi connectivity index (χ0n) is 11.4. The predicted molar refractivity (Wildman–Crippen MR) is 78.5 cm³/mol. The topological polar surface area (TPSA) is 93.1 Å². The number of aromatic nitrogens is 2. The fourth-order valence-electron chi connectivity index (χ4n) is 2.52. The van der Waals surface area contributed by atoms with Crippen molar-refractivity contribution in [3.05, 3.63) is 27.1 Å². The molecule has 0 unspecified atom stereocenters. The zero-order chi connectivity index (χ0) is 15.0. The summed E-state index contributed by atoms with van der Waals surface area (Å²) in [5.41, 5.74) is 0.861. The van der Waals surface area contributed by atoms with Crippen molar-refractivity contribution in [3.8, 4) is 0 Å². The summed E-state index contributed by atoms with van der Waals surface area (Å²) in [5, 5.41) is 5.04. The van der Waals surface area contributed by atoms with Crippen LogP contribution < -0.4 is 16.2 Å². The first-order valence-corrected chi connectivity index (χ1v) is 7.43. The number of aryl methyl sites for hydroxylation is 2. The third-order valence-electron chi connectivity index (χ3n) is 3.49. The summed E-state index contributed by atoms with van der Waals surface area (Å²) in [6, 6.07) is -0.599. The largest absolute Gasteiger partial charge is 0.341 e. The van der Waals surface area contributed by atoms with E-state index in [0.29, 0.717) is 5.39 Å². The maximum absolute atomic E-state index is 12.5. The van der Waals surface area contributed by atoms with Crippen LogP contribution in [0.15, 0.2) is 11.1 Å². The Labute approximate surface area is 124 Å². The van der Waals surface area contributed by atoms with Crippen molar-refractivity contribution in [1.82, 2.24) is 20.2 Å². The van der Waals surface area contributed by atoms with Gasteiger partial charge in [0.25, 0.3) is 5.56 Å². The van der Waals surface area contributed by atoms with Crippen LogP contribution in [0.2, 0.25) is 0 Å². The molecule has 0 radical (unpaired) electrons. The summed E-state index contributed by atoms with van der Waals surface area (Å²) in [4.78, 5) is 41.5. The first-order valence-electron chi connectivity index (χ1n) is 6.61. The average Bonchev–Trinajstić information content (AvgIpc) is 3.02. The molecule has 0 spiro atoms. The number of amides is 3. The third kappa shape index (κ3) is 2.42. The van der Waals surface area contributed by atoms with Crippen molar-refractivity contribution in [2.75, 3.05) is 7.05 Å². The maximum Gasteiger partial charge on any atom is 0.321 e. The van der Waals surface area contributed by atoms with E-state index in [0.717, 1.165) is 29.7 Å². The van der Waals surface area contributed by atoms with Gasteiger partial charge in [-0.3, -0.25) is 19.5 Å². The van der Waals surface area contributed by atoms with E-state index in [2.05, 4.69) is 15.6 Å². The fourth-order valence-corrected chi connectivity index (χ4v) is 3.74. The van der Waals surface area contributed by atoms with Gasteiger partial charge in [0.1, 0.15) is 11.4 Å². The van der Waals surface area contributed by atoms with E-state index >= 15 is 0 Å². The number of rotatable bonds is 2. The smallest absolute Gasteiger partial charge is 0.321 e. The number of hydrogen-bond donors (Lipinski definition) is 2. The molecular weight excluding hydrogens is 292 g/mol. The second-order valence-electron chi connectivity index (χ2n) is 4.84. The number of urea groups is 1. The SMILES string of the molecule is CNC(=O)NC(=O)Cn1cnc2sc3c(c2c1=O)CCC3. The minimum absolute atomic E-state index is 0.216. The molecule has 0 saturated carbocycles. The van der Waals surface area contributed by atoms with Crippen LogP contribution in [-0.4, -0.2) is 28.5 Å². The molecular formula is C13H14N4O3S. The summed E-state index contributed by atoms with van der Waals surface area (Å²) in [6.07, 6.45) is 4.30. The van der Waals surface area contributed by atoms with Crippen molar-refractivity contribution >= 4 is 33.5 Å². The zero-order valence-corrected chi connectivity index (χ0v) is 12.2. The molecule has 0 aromatic carbocycles. The molecule has 2 aromatic rings. The lowest BCUT2D eigenvalue weighted by Crippen LogP contribution is -2.40. The number of nitrogens with zero attached hydrogens (tertiary/aromatic N) is 2. The summed E-state index contributed by atoms with van der Waals surface area (Å²) in [6.45, 7) is -0.222. The van der Waals surface area contributed by atoms with Crippen molar-refractivity contribution in [3.63, 3.8) is 0 Å². The van der Waals surface area contributed by atoms with Crippen molar-refractivity contribution in [2.45, 2.75) is 25.8 Å². The third-order valence-corrected chi connectivity index (χ3v) is 4.69. The van der Waals surface area contributed by atoms with Crippen LogP contribution in [0.3, 0.4) is 0 Å². The normalized spacial score (nSPS) is 13.2. The molecule has 21 heavy (non-hydrogen) atoms. The van der Waals surface area contributed by atoms with Crippen molar-refractivity contribution in [2.24, 2.45) is 0 Å². The van der Waals surface area contributed by atoms with Gasteiger partial charge >= 0.3 is 6.03 Å². The molecule has 0 saturated heterocycles. The van der Waals surface area contributed by atoms with Gasteiger partial charge in [-0.2, -0.15) is 0 Å². The quantitative estimate of drug-likeness (QED) is 0.840. The number of fused-ring (bicyclic) bond motifs is 3. The molecule has 2 N–H and O–H groups in total. The van der Waals surface area contributed by atoms with E-state index in [1.165, 1.54) is 22.8 Å². The van der Waals surface area contributed by atoms with Gasteiger partial charge < -0.3 is 5.32 Å². The lowest BCUT2D eigenvalue weighted by atomic mass is 10.2. The second kappa shape index (κ2) is 5.28. The van der Waals surface area contributed by atoms with Gasteiger partial charge in [0.2, 0.25) is 5.91 Å². The van der Waals surface area contributed by atoms with Crippen molar-refractivity contribution in [1.29, 1.82) is 0 Å². The van der Waals surface area contributed by atoms with E-state index in [4.69, 9.17) is 0 Å². The summed E-state index contributed by atoms with van der Waals surface area (Å²) >= 11 is 1.55. The summed E-state index contributed by atoms with van der Waals surface area (Å²) < 4.78 is 1.24. The van der Waals surface area contributed by atoms with E-state index in [1.807, 2.05) is 0 Å². The molecule has 1 aliphatic carbocycles. The van der Waals surface area contributed by atoms with E-state index < -0.39 is 11.9 Å².